The highest BCUT2D eigenvalue weighted by Crippen LogP contribution is 2.63. The number of esters is 1. The molecule has 7 rings (SSSR count). The zero-order valence-corrected chi connectivity index (χ0v) is 24.3. The third-order valence-corrected chi connectivity index (χ3v) is 10.4. The van der Waals surface area contributed by atoms with Gasteiger partial charge in [-0.15, -0.1) is 0 Å². The Balaban J connectivity index is 0.000000148. The molecule has 1 saturated carbocycles. The quantitative estimate of drug-likeness (QED) is 0.534. The fraction of sp³-hybridized carbons (Fsp3) is 0.576. The monoisotopic (exact) mass is 546 g/mol. The van der Waals surface area contributed by atoms with Gasteiger partial charge < -0.3 is 24.0 Å². The Hall–Kier alpha value is -2.90. The molecule has 0 N–H and O–H groups in total. The molecule has 5 aliphatic rings. The van der Waals surface area contributed by atoms with E-state index < -0.39 is 5.41 Å². The third kappa shape index (κ3) is 4.07. The summed E-state index contributed by atoms with van der Waals surface area (Å²) in [6.45, 7) is 5.24. The summed E-state index contributed by atoms with van der Waals surface area (Å²) in [5.41, 5.74) is 3.23. The van der Waals surface area contributed by atoms with E-state index in [9.17, 15) is 9.59 Å². The Labute approximate surface area is 237 Å². The first kappa shape index (κ1) is 27.3. The van der Waals surface area contributed by atoms with E-state index in [2.05, 4.69) is 30.0 Å². The smallest absolute Gasteiger partial charge is 0.316 e. The lowest BCUT2D eigenvalue weighted by Gasteiger charge is -2.57. The van der Waals surface area contributed by atoms with E-state index in [0.29, 0.717) is 25.0 Å². The summed E-state index contributed by atoms with van der Waals surface area (Å²) in [4.78, 5) is 29.8. The summed E-state index contributed by atoms with van der Waals surface area (Å²) in [5.74, 6) is 2.39. The summed E-state index contributed by atoms with van der Waals surface area (Å²) in [6, 6.07) is 14.8. The minimum absolute atomic E-state index is 0.0655. The highest BCUT2D eigenvalue weighted by atomic mass is 16.5. The van der Waals surface area contributed by atoms with Gasteiger partial charge in [-0.3, -0.25) is 9.59 Å². The summed E-state index contributed by atoms with van der Waals surface area (Å²) in [7, 11) is 6.01. The number of rotatable bonds is 4. The first-order valence-electron chi connectivity index (χ1n) is 14.9. The zero-order chi connectivity index (χ0) is 28.1. The molecule has 40 heavy (non-hydrogen) atoms. The van der Waals surface area contributed by atoms with Crippen molar-refractivity contribution in [3.8, 4) is 11.5 Å². The Morgan fingerprint density at radius 3 is 2.50 bits per heavy atom. The molecule has 2 saturated heterocycles. The number of methoxy groups -OCH3 is 1. The number of ether oxygens (including phenoxy) is 3. The van der Waals surface area contributed by atoms with Crippen LogP contribution in [0, 0.1) is 5.92 Å². The summed E-state index contributed by atoms with van der Waals surface area (Å²) < 4.78 is 17.1. The molecule has 3 heterocycles. The Morgan fingerprint density at radius 2 is 1.80 bits per heavy atom. The number of carbonyl (C=O) groups is 2. The molecule has 2 bridgehead atoms. The summed E-state index contributed by atoms with van der Waals surface area (Å²) in [6.07, 6.45) is 5.15. The maximum atomic E-state index is 12.6. The number of ketones is 1. The number of likely N-dealkylation sites (N-methyl/N-ethyl adjacent to an activating group) is 1. The highest BCUT2D eigenvalue weighted by molar-refractivity contribution is 5.89. The lowest BCUT2D eigenvalue weighted by atomic mass is 9.52. The molecule has 2 aliphatic carbocycles. The van der Waals surface area contributed by atoms with Gasteiger partial charge in [0, 0.05) is 23.4 Å². The lowest BCUT2D eigenvalue weighted by molar-refractivity contribution is -0.152. The molecule has 7 nitrogen and oxygen atoms in total. The summed E-state index contributed by atoms with van der Waals surface area (Å²) >= 11 is 0. The molecule has 0 radical (unpaired) electrons. The van der Waals surface area contributed by atoms with Gasteiger partial charge in [0.25, 0.3) is 0 Å². The molecule has 3 aliphatic heterocycles. The van der Waals surface area contributed by atoms with Crippen molar-refractivity contribution in [3.63, 3.8) is 0 Å². The van der Waals surface area contributed by atoms with Crippen LogP contribution < -0.4 is 9.47 Å². The SMILES string of the molecule is CCOC(=O)C1(c2ccccc2)CCN(C)CC1.COc1ccc2c3c1O[C@H]1C(=O)CC[C@H]4[C@@H](C2)N(C)CC[C@]314. The van der Waals surface area contributed by atoms with E-state index in [1.165, 1.54) is 11.1 Å². The van der Waals surface area contributed by atoms with E-state index in [-0.39, 0.29) is 23.3 Å². The van der Waals surface area contributed by atoms with Crippen LogP contribution in [0.25, 0.3) is 0 Å². The van der Waals surface area contributed by atoms with E-state index in [1.54, 1.807) is 7.11 Å². The van der Waals surface area contributed by atoms with Gasteiger partial charge in [-0.1, -0.05) is 36.4 Å². The van der Waals surface area contributed by atoms with Crippen LogP contribution in [0.15, 0.2) is 42.5 Å². The Kier molecular flexibility index (Phi) is 7.16. The number of benzene rings is 2. The number of likely N-dealkylation sites (tertiary alicyclic amines) is 2. The molecule has 2 aromatic rings. The van der Waals surface area contributed by atoms with Crippen LogP contribution in [0.4, 0.5) is 0 Å². The fourth-order valence-electron chi connectivity index (χ4n) is 8.31. The van der Waals surface area contributed by atoms with Gasteiger partial charge in [0.15, 0.2) is 23.4 Å². The predicted octanol–water partition coefficient (Wildman–Crippen LogP) is 4.15. The van der Waals surface area contributed by atoms with Gasteiger partial charge in [0.05, 0.1) is 19.1 Å². The number of Topliss-reactive ketones (excluding diaryl/α,β-unsaturated/α-hetero) is 1. The Morgan fingerprint density at radius 1 is 1.05 bits per heavy atom. The Bertz CT molecular complexity index is 1270. The van der Waals surface area contributed by atoms with E-state index in [1.807, 2.05) is 43.3 Å². The number of nitrogens with zero attached hydrogens (tertiary/aromatic N) is 2. The average Bonchev–Trinajstić information content (AvgIpc) is 3.33. The summed E-state index contributed by atoms with van der Waals surface area (Å²) in [5, 5.41) is 0. The largest absolute Gasteiger partial charge is 0.493 e. The number of hydrogen-bond donors (Lipinski definition) is 0. The number of hydrogen-bond acceptors (Lipinski definition) is 7. The van der Waals surface area contributed by atoms with Crippen molar-refractivity contribution in [2.45, 2.75) is 68.4 Å². The van der Waals surface area contributed by atoms with Gasteiger partial charge in [0.2, 0.25) is 0 Å². The maximum absolute atomic E-state index is 12.6. The van der Waals surface area contributed by atoms with Crippen LogP contribution in [0.2, 0.25) is 0 Å². The van der Waals surface area contributed by atoms with Crippen LogP contribution in [0.1, 0.15) is 55.7 Å². The van der Waals surface area contributed by atoms with Crippen LogP contribution >= 0.6 is 0 Å². The van der Waals surface area contributed by atoms with Crippen LogP contribution in [0.3, 0.4) is 0 Å². The van der Waals surface area contributed by atoms with Gasteiger partial charge >= 0.3 is 5.97 Å². The van der Waals surface area contributed by atoms with Gasteiger partial charge in [-0.25, -0.2) is 0 Å². The lowest BCUT2D eigenvalue weighted by Crippen LogP contribution is -2.65. The molecule has 4 atom stereocenters. The van der Waals surface area contributed by atoms with Crippen molar-refractivity contribution in [3.05, 3.63) is 59.2 Å². The predicted molar refractivity (Wildman–Crippen MR) is 153 cm³/mol. The van der Waals surface area contributed by atoms with Crippen molar-refractivity contribution >= 4 is 11.8 Å². The number of carbonyl (C=O) groups excluding carboxylic acids is 2. The molecule has 214 valence electrons. The van der Waals surface area contributed by atoms with Crippen molar-refractivity contribution in [2.24, 2.45) is 5.92 Å². The molecule has 3 fully saturated rings. The molecular formula is C33H42N2O5. The first-order chi connectivity index (χ1) is 19.4. The topological polar surface area (TPSA) is 68.3 Å². The molecule has 0 aromatic heterocycles. The second-order valence-electron chi connectivity index (χ2n) is 12.3. The highest BCUT2D eigenvalue weighted by Gasteiger charge is 2.65. The van der Waals surface area contributed by atoms with Crippen LogP contribution in [0.5, 0.6) is 11.5 Å². The molecule has 7 heteroatoms. The van der Waals surface area contributed by atoms with Gasteiger partial charge in [-0.2, -0.15) is 0 Å². The van der Waals surface area contributed by atoms with Crippen molar-refractivity contribution in [2.75, 3.05) is 47.4 Å². The van der Waals surface area contributed by atoms with E-state index in [4.69, 9.17) is 14.2 Å². The van der Waals surface area contributed by atoms with Crippen LogP contribution in [-0.2, 0) is 31.6 Å². The maximum Gasteiger partial charge on any atom is 0.316 e. The minimum Gasteiger partial charge on any atom is -0.493 e. The molecule has 2 aromatic carbocycles. The third-order valence-electron chi connectivity index (χ3n) is 10.4. The molecular weight excluding hydrogens is 504 g/mol. The second kappa shape index (κ2) is 10.5. The first-order valence-corrected chi connectivity index (χ1v) is 14.9. The average molecular weight is 547 g/mol. The van der Waals surface area contributed by atoms with E-state index in [0.717, 1.165) is 68.8 Å². The van der Waals surface area contributed by atoms with Gasteiger partial charge in [0.1, 0.15) is 0 Å². The van der Waals surface area contributed by atoms with Crippen molar-refractivity contribution in [1.82, 2.24) is 9.80 Å². The van der Waals surface area contributed by atoms with Crippen molar-refractivity contribution < 1.29 is 23.8 Å². The van der Waals surface area contributed by atoms with Gasteiger partial charge in [-0.05, 0) is 95.9 Å². The molecule has 0 amide bonds. The standard InChI is InChI=1S/C18H21NO3.C15H21NO2/c1-19-8-7-18-11-4-5-13(20)17(18)22-16-14(21-2)6-3-10(15(16)18)9-12(11)19;1-3-18-14(17)15(9-11-16(2)12-10-15)13-7-5-4-6-8-13/h3,6,11-12,17H,4-5,7-9H2,1-2H3;4-8H,3,9-12H2,1-2H3/t11-,12+,17-,18-;/m0./s1. The molecule has 1 spiro atoms. The van der Waals surface area contributed by atoms with Crippen LogP contribution in [-0.4, -0.2) is 81.1 Å². The van der Waals surface area contributed by atoms with E-state index >= 15 is 0 Å². The normalized spacial score (nSPS) is 29.9. The zero-order valence-electron chi connectivity index (χ0n) is 24.3. The minimum atomic E-state index is -0.441. The second-order valence-corrected chi connectivity index (χ2v) is 12.3. The molecule has 0 unspecified atom stereocenters. The fourth-order valence-corrected chi connectivity index (χ4v) is 8.31. The number of piperidine rings is 2. The van der Waals surface area contributed by atoms with Crippen molar-refractivity contribution in [1.29, 1.82) is 0 Å².